The highest BCUT2D eigenvalue weighted by molar-refractivity contribution is 6.09. The summed E-state index contributed by atoms with van der Waals surface area (Å²) in [7, 11) is 1.82. The largest absolute Gasteiger partial charge is 0.328 e. The minimum atomic E-state index is -0.175. The third-order valence-electron chi connectivity index (χ3n) is 3.64. The Kier molecular flexibility index (Phi) is 5.12. The quantitative estimate of drug-likeness (QED) is 0.816. The van der Waals surface area contributed by atoms with Crippen LogP contribution >= 0.6 is 0 Å². The zero-order valence-electron chi connectivity index (χ0n) is 13.0. The Hall–Kier alpha value is -2.40. The monoisotopic (exact) mass is 299 g/mol. The highest BCUT2D eigenvalue weighted by atomic mass is 16.2. The van der Waals surface area contributed by atoms with Crippen molar-refractivity contribution < 1.29 is 9.59 Å². The van der Waals surface area contributed by atoms with E-state index in [1.807, 2.05) is 32.2 Å². The second-order valence-electron chi connectivity index (χ2n) is 5.09. The van der Waals surface area contributed by atoms with E-state index in [9.17, 15) is 9.59 Å². The summed E-state index contributed by atoms with van der Waals surface area (Å²) in [4.78, 5) is 26.2. The van der Waals surface area contributed by atoms with Gasteiger partial charge in [0.05, 0.1) is 11.3 Å². The summed E-state index contributed by atoms with van der Waals surface area (Å²) < 4.78 is 0. The Morgan fingerprint density at radius 2 is 2.23 bits per heavy atom. The van der Waals surface area contributed by atoms with E-state index in [1.165, 1.54) is 0 Å². The molecule has 2 rings (SSSR count). The third-order valence-corrected chi connectivity index (χ3v) is 3.64. The molecule has 0 unspecified atom stereocenters. The van der Waals surface area contributed by atoms with E-state index in [4.69, 9.17) is 0 Å². The molecule has 2 amide bonds. The first-order valence-corrected chi connectivity index (χ1v) is 7.27. The lowest BCUT2D eigenvalue weighted by molar-refractivity contribution is -0.116. The molecule has 0 aliphatic carbocycles. The first-order valence-electron chi connectivity index (χ1n) is 7.27. The van der Waals surface area contributed by atoms with Crippen LogP contribution in [0.5, 0.6) is 0 Å². The Bertz CT molecular complexity index is 635. The van der Waals surface area contributed by atoms with Gasteiger partial charge in [0, 0.05) is 13.1 Å². The van der Waals surface area contributed by atoms with Gasteiger partial charge in [-0.1, -0.05) is 24.8 Å². The van der Waals surface area contributed by atoms with E-state index in [1.54, 1.807) is 17.0 Å². The molecular weight excluding hydrogens is 278 g/mol. The first kappa shape index (κ1) is 16.0. The number of rotatable bonds is 5. The number of benzene rings is 1. The Morgan fingerprint density at radius 1 is 1.45 bits per heavy atom. The molecule has 1 aromatic rings. The summed E-state index contributed by atoms with van der Waals surface area (Å²) in [6, 6.07) is 5.47. The van der Waals surface area contributed by atoms with Gasteiger partial charge in [-0.15, -0.1) is 0 Å². The smallest absolute Gasteiger partial charge is 0.256 e. The number of nitrogens with zero attached hydrogens (tertiary/aromatic N) is 1. The summed E-state index contributed by atoms with van der Waals surface area (Å²) >= 11 is 0. The van der Waals surface area contributed by atoms with Crippen molar-refractivity contribution in [2.75, 3.05) is 32.0 Å². The molecule has 0 fully saturated rings. The van der Waals surface area contributed by atoms with Gasteiger partial charge in [0.15, 0.2) is 0 Å². The second-order valence-corrected chi connectivity index (χ2v) is 5.09. The first-order chi connectivity index (χ1) is 10.6. The molecule has 0 bridgehead atoms. The average molecular weight is 299 g/mol. The lowest BCUT2D eigenvalue weighted by Gasteiger charge is -2.19. The standard InChI is InChI=1S/C17H21N3O2/c1-4-12(5-2)13-6-7-15-14(10-13)17(22)20(9-8-18-3)11-16(21)19-15/h4-7,10,18H,1,8-9,11H2,2-3H3,(H,19,21)/b12-5+. The maximum Gasteiger partial charge on any atom is 0.256 e. The van der Waals surface area contributed by atoms with Crippen LogP contribution in [0.3, 0.4) is 0 Å². The molecule has 0 saturated heterocycles. The van der Waals surface area contributed by atoms with E-state index in [0.717, 1.165) is 11.1 Å². The topological polar surface area (TPSA) is 61.4 Å². The van der Waals surface area contributed by atoms with Crippen LogP contribution in [0.4, 0.5) is 5.69 Å². The van der Waals surface area contributed by atoms with Crippen LogP contribution in [0.15, 0.2) is 36.9 Å². The van der Waals surface area contributed by atoms with Crippen molar-refractivity contribution in [2.45, 2.75) is 6.92 Å². The number of carbonyl (C=O) groups excluding carboxylic acids is 2. The maximum atomic E-state index is 12.7. The molecule has 5 nitrogen and oxygen atoms in total. The molecule has 1 aromatic carbocycles. The molecular formula is C17H21N3O2. The molecule has 22 heavy (non-hydrogen) atoms. The van der Waals surface area contributed by atoms with Gasteiger partial charge in [-0.25, -0.2) is 0 Å². The minimum Gasteiger partial charge on any atom is -0.328 e. The van der Waals surface area contributed by atoms with Crippen LogP contribution in [-0.4, -0.2) is 43.4 Å². The molecule has 116 valence electrons. The predicted octanol–water partition coefficient (Wildman–Crippen LogP) is 1.89. The van der Waals surface area contributed by atoms with Gasteiger partial charge < -0.3 is 15.5 Å². The van der Waals surface area contributed by atoms with Gasteiger partial charge in [0.2, 0.25) is 5.91 Å². The fourth-order valence-corrected chi connectivity index (χ4v) is 2.44. The Balaban J connectivity index is 2.43. The van der Waals surface area contributed by atoms with Crippen molar-refractivity contribution >= 4 is 23.1 Å². The number of hydrogen-bond acceptors (Lipinski definition) is 3. The van der Waals surface area contributed by atoms with Crippen molar-refractivity contribution in [1.29, 1.82) is 0 Å². The molecule has 1 aliphatic heterocycles. The van der Waals surface area contributed by atoms with E-state index in [0.29, 0.717) is 24.3 Å². The summed E-state index contributed by atoms with van der Waals surface area (Å²) in [5.41, 5.74) is 2.94. The predicted molar refractivity (Wildman–Crippen MR) is 88.7 cm³/mol. The number of anilines is 1. The summed E-state index contributed by atoms with van der Waals surface area (Å²) in [6.07, 6.45) is 3.69. The number of nitrogens with one attached hydrogen (secondary N) is 2. The molecule has 5 heteroatoms. The number of likely N-dealkylation sites (N-methyl/N-ethyl adjacent to an activating group) is 1. The molecule has 0 atom stereocenters. The highest BCUT2D eigenvalue weighted by Crippen LogP contribution is 2.26. The van der Waals surface area contributed by atoms with Gasteiger partial charge in [-0.3, -0.25) is 9.59 Å². The van der Waals surface area contributed by atoms with Gasteiger partial charge in [0.25, 0.3) is 5.91 Å². The molecule has 0 saturated carbocycles. The van der Waals surface area contributed by atoms with Gasteiger partial charge in [-0.05, 0) is 37.2 Å². The van der Waals surface area contributed by atoms with Crippen LogP contribution in [0.1, 0.15) is 22.8 Å². The van der Waals surface area contributed by atoms with Crippen LogP contribution in [0.25, 0.3) is 5.57 Å². The van der Waals surface area contributed by atoms with Crippen molar-refractivity contribution in [1.82, 2.24) is 10.2 Å². The average Bonchev–Trinajstić information content (AvgIpc) is 2.63. The fraction of sp³-hybridized carbons (Fsp3) is 0.294. The Morgan fingerprint density at radius 3 is 2.86 bits per heavy atom. The fourth-order valence-electron chi connectivity index (χ4n) is 2.44. The van der Waals surface area contributed by atoms with E-state index >= 15 is 0 Å². The lowest BCUT2D eigenvalue weighted by Crippen LogP contribution is -2.39. The van der Waals surface area contributed by atoms with Gasteiger partial charge >= 0.3 is 0 Å². The normalized spacial score (nSPS) is 15.2. The van der Waals surface area contributed by atoms with Crippen LogP contribution in [0, 0.1) is 0 Å². The number of fused-ring (bicyclic) bond motifs is 1. The highest BCUT2D eigenvalue weighted by Gasteiger charge is 2.26. The maximum absolute atomic E-state index is 12.7. The van der Waals surface area contributed by atoms with E-state index in [2.05, 4.69) is 17.2 Å². The third kappa shape index (κ3) is 3.26. The number of allylic oxidation sites excluding steroid dienone is 3. The lowest BCUT2D eigenvalue weighted by atomic mass is 10.0. The van der Waals surface area contributed by atoms with Crippen LogP contribution in [-0.2, 0) is 4.79 Å². The molecule has 1 aliphatic rings. The summed E-state index contributed by atoms with van der Waals surface area (Å²) in [5.74, 6) is -0.309. The summed E-state index contributed by atoms with van der Waals surface area (Å²) in [6.45, 7) is 6.91. The molecule has 1 heterocycles. The second kappa shape index (κ2) is 7.04. The van der Waals surface area contributed by atoms with E-state index in [-0.39, 0.29) is 18.4 Å². The van der Waals surface area contributed by atoms with Crippen molar-refractivity contribution in [3.05, 3.63) is 48.1 Å². The van der Waals surface area contributed by atoms with E-state index < -0.39 is 0 Å². The molecule has 2 N–H and O–H groups in total. The van der Waals surface area contributed by atoms with Crippen molar-refractivity contribution in [3.63, 3.8) is 0 Å². The van der Waals surface area contributed by atoms with Gasteiger partial charge in [0.1, 0.15) is 6.54 Å². The summed E-state index contributed by atoms with van der Waals surface area (Å²) in [5, 5.41) is 5.79. The Labute approximate surface area is 130 Å². The van der Waals surface area contributed by atoms with Crippen LogP contribution in [0.2, 0.25) is 0 Å². The number of amides is 2. The molecule has 0 aromatic heterocycles. The minimum absolute atomic E-state index is 0.0719. The number of carbonyl (C=O) groups is 2. The molecule has 0 spiro atoms. The van der Waals surface area contributed by atoms with Crippen LogP contribution < -0.4 is 10.6 Å². The van der Waals surface area contributed by atoms with Crippen molar-refractivity contribution in [2.24, 2.45) is 0 Å². The number of hydrogen-bond donors (Lipinski definition) is 2. The molecule has 0 radical (unpaired) electrons. The zero-order valence-corrected chi connectivity index (χ0v) is 13.0. The zero-order chi connectivity index (χ0) is 16.1. The van der Waals surface area contributed by atoms with Crippen molar-refractivity contribution in [3.8, 4) is 0 Å². The van der Waals surface area contributed by atoms with Gasteiger partial charge in [-0.2, -0.15) is 0 Å². The SMILES string of the molecule is C=C/C(=C\C)c1ccc2c(c1)C(=O)N(CCNC)CC(=O)N2.